The highest BCUT2D eigenvalue weighted by Gasteiger charge is 2.35. The molecule has 0 fully saturated rings. The van der Waals surface area contributed by atoms with Crippen molar-refractivity contribution >= 4 is 19.0 Å². The molecular weight excluding hydrogens is 286 g/mol. The summed E-state index contributed by atoms with van der Waals surface area (Å²) in [4.78, 5) is 9.92. The monoisotopic (exact) mass is 297 g/mol. The number of halogens is 3. The zero-order valence-electron chi connectivity index (χ0n) is 10.1. The van der Waals surface area contributed by atoms with Gasteiger partial charge in [0.1, 0.15) is 5.30 Å². The van der Waals surface area contributed by atoms with E-state index in [1.54, 1.807) is 0 Å². The number of aryl methyl sites for hydroxylation is 1. The molecule has 0 aliphatic heterocycles. The van der Waals surface area contributed by atoms with Crippen molar-refractivity contribution in [1.29, 1.82) is 0 Å². The smallest absolute Gasteiger partial charge is 0.327 e. The first kappa shape index (κ1) is 15.7. The first-order valence-electron chi connectivity index (χ1n) is 5.21. The summed E-state index contributed by atoms with van der Waals surface area (Å²) < 4.78 is 54.5. The Kier molecular flexibility index (Phi) is 4.70. The molecule has 0 N–H and O–H groups in total. The fourth-order valence-corrected chi connectivity index (χ4v) is 2.57. The Bertz CT molecular complexity index is 530. The Morgan fingerprint density at radius 2 is 2.00 bits per heavy atom. The van der Waals surface area contributed by atoms with Gasteiger partial charge in [-0.25, -0.2) is 0 Å². The summed E-state index contributed by atoms with van der Waals surface area (Å²) >= 11 is 0. The number of rotatable bonds is 4. The van der Waals surface area contributed by atoms with Crippen LogP contribution in [0.2, 0.25) is 0 Å². The highest BCUT2D eigenvalue weighted by molar-refractivity contribution is 7.48. The quantitative estimate of drug-likeness (QED) is 0.486. The summed E-state index contributed by atoms with van der Waals surface area (Å²) in [5.41, 5.74) is -1.97. The van der Waals surface area contributed by atoms with Gasteiger partial charge >= 0.3 is 6.18 Å². The number of hydrogen-bond donors (Lipinski definition) is 0. The van der Waals surface area contributed by atoms with Crippen LogP contribution in [0.3, 0.4) is 0 Å². The number of alkyl halides is 3. The predicted octanol–water partition coefficient (Wildman–Crippen LogP) is 3.06. The third-order valence-electron chi connectivity index (χ3n) is 2.34. The molecule has 0 saturated heterocycles. The van der Waals surface area contributed by atoms with Gasteiger partial charge in [-0.1, -0.05) is 0 Å². The Labute approximate surface area is 107 Å². The highest BCUT2D eigenvalue weighted by atomic mass is 31.1. The van der Waals surface area contributed by atoms with Crippen LogP contribution in [-0.2, 0) is 15.3 Å². The first-order chi connectivity index (χ1) is 8.68. The number of benzene rings is 1. The minimum Gasteiger partial charge on any atom is -0.327 e. The average molecular weight is 297 g/mol. The maximum Gasteiger partial charge on any atom is 0.416 e. The molecule has 0 radical (unpaired) electrons. The van der Waals surface area contributed by atoms with Crippen LogP contribution in [0.15, 0.2) is 12.1 Å². The van der Waals surface area contributed by atoms with Gasteiger partial charge in [0, 0.05) is 6.07 Å². The lowest BCUT2D eigenvalue weighted by molar-refractivity contribution is -0.383. The standard InChI is InChI=1S/C10H11F3NO4P/c1-3-18-19(17)9-5-7(10(11,12)13)6(2)4-8(9)14(15)16/h4-5,19H,3H2,1-2H3. The second-order valence-electron chi connectivity index (χ2n) is 3.66. The van der Waals surface area contributed by atoms with Crippen LogP contribution < -0.4 is 5.30 Å². The molecule has 1 aromatic rings. The molecule has 0 heterocycles. The van der Waals surface area contributed by atoms with E-state index in [9.17, 15) is 27.9 Å². The maximum atomic E-state index is 12.7. The molecule has 0 aliphatic rings. The van der Waals surface area contributed by atoms with E-state index < -0.39 is 35.7 Å². The zero-order valence-corrected chi connectivity index (χ0v) is 11.1. The van der Waals surface area contributed by atoms with Crippen LogP contribution in [0.1, 0.15) is 18.1 Å². The normalized spacial score (nSPS) is 13.3. The molecule has 106 valence electrons. The van der Waals surface area contributed by atoms with E-state index in [0.29, 0.717) is 6.07 Å². The molecule has 0 bridgehead atoms. The first-order valence-corrected chi connectivity index (χ1v) is 6.53. The topological polar surface area (TPSA) is 69.4 Å². The number of nitrogens with zero attached hydrogens (tertiary/aromatic N) is 1. The van der Waals surface area contributed by atoms with Crippen LogP contribution >= 0.6 is 8.03 Å². The van der Waals surface area contributed by atoms with Crippen LogP contribution in [0, 0.1) is 17.0 Å². The molecule has 19 heavy (non-hydrogen) atoms. The van der Waals surface area contributed by atoms with Gasteiger partial charge in [-0.2, -0.15) is 13.2 Å². The van der Waals surface area contributed by atoms with Crippen molar-refractivity contribution in [3.63, 3.8) is 0 Å². The second kappa shape index (κ2) is 5.71. The number of nitro groups is 1. The van der Waals surface area contributed by atoms with Gasteiger partial charge in [-0.3, -0.25) is 14.7 Å². The van der Waals surface area contributed by atoms with E-state index in [2.05, 4.69) is 0 Å². The van der Waals surface area contributed by atoms with Crippen molar-refractivity contribution in [3.8, 4) is 0 Å². The van der Waals surface area contributed by atoms with Crippen molar-refractivity contribution in [2.24, 2.45) is 0 Å². The third-order valence-corrected chi connectivity index (χ3v) is 3.73. The van der Waals surface area contributed by atoms with Crippen LogP contribution in [0.4, 0.5) is 18.9 Å². The Morgan fingerprint density at radius 1 is 1.42 bits per heavy atom. The van der Waals surface area contributed by atoms with Gasteiger partial charge in [0.2, 0.25) is 8.03 Å². The van der Waals surface area contributed by atoms with Crippen molar-refractivity contribution in [1.82, 2.24) is 0 Å². The molecule has 0 saturated carbocycles. The molecule has 1 rings (SSSR count). The third kappa shape index (κ3) is 3.54. The van der Waals surface area contributed by atoms with Gasteiger partial charge in [-0.15, -0.1) is 0 Å². The minimum atomic E-state index is -4.66. The molecule has 5 nitrogen and oxygen atoms in total. The van der Waals surface area contributed by atoms with Crippen molar-refractivity contribution < 1.29 is 27.2 Å². The lowest BCUT2D eigenvalue weighted by Gasteiger charge is -2.12. The van der Waals surface area contributed by atoms with Gasteiger partial charge in [0.05, 0.1) is 17.1 Å². The van der Waals surface area contributed by atoms with Crippen LogP contribution in [0.5, 0.6) is 0 Å². The summed E-state index contributed by atoms with van der Waals surface area (Å²) in [5.74, 6) is 0. The number of nitro benzene ring substituents is 1. The SMILES string of the molecule is CCO[PH](=O)c1cc(C(F)(F)F)c(C)cc1[N+](=O)[O-]. The predicted molar refractivity (Wildman–Crippen MR) is 63.1 cm³/mol. The van der Waals surface area contributed by atoms with Gasteiger partial charge in [0.25, 0.3) is 5.69 Å². The van der Waals surface area contributed by atoms with Gasteiger partial charge in [-0.05, 0) is 25.5 Å². The summed E-state index contributed by atoms with van der Waals surface area (Å²) in [6.45, 7) is 2.59. The molecule has 0 aliphatic carbocycles. The summed E-state index contributed by atoms with van der Waals surface area (Å²) in [6, 6.07) is 1.30. The van der Waals surface area contributed by atoms with Gasteiger partial charge in [0.15, 0.2) is 0 Å². The van der Waals surface area contributed by atoms with Crippen LogP contribution in [0.25, 0.3) is 0 Å². The fourth-order valence-electron chi connectivity index (χ4n) is 1.52. The lowest BCUT2D eigenvalue weighted by atomic mass is 10.1. The van der Waals surface area contributed by atoms with E-state index in [0.717, 1.165) is 13.0 Å². The molecule has 0 aromatic heterocycles. The van der Waals surface area contributed by atoms with E-state index in [1.807, 2.05) is 0 Å². The Hall–Kier alpha value is -1.40. The Balaban J connectivity index is 3.49. The lowest BCUT2D eigenvalue weighted by Crippen LogP contribution is -2.15. The molecule has 9 heteroatoms. The van der Waals surface area contributed by atoms with Crippen molar-refractivity contribution in [2.45, 2.75) is 20.0 Å². The van der Waals surface area contributed by atoms with Crippen molar-refractivity contribution in [3.05, 3.63) is 33.4 Å². The molecular formula is C10H11F3NO4P. The van der Waals surface area contributed by atoms with E-state index in [1.165, 1.54) is 6.92 Å². The molecule has 1 aromatic carbocycles. The molecule has 1 atom stereocenters. The van der Waals surface area contributed by atoms with E-state index in [4.69, 9.17) is 4.52 Å². The summed E-state index contributed by atoms with van der Waals surface area (Å²) in [6.07, 6.45) is -4.66. The summed E-state index contributed by atoms with van der Waals surface area (Å²) in [5, 5.41) is 10.3. The maximum absolute atomic E-state index is 12.7. The fraction of sp³-hybridized carbons (Fsp3) is 0.400. The number of hydrogen-bond acceptors (Lipinski definition) is 4. The second-order valence-corrected chi connectivity index (χ2v) is 5.06. The zero-order chi connectivity index (χ0) is 14.8. The average Bonchev–Trinajstić information content (AvgIpc) is 2.26. The highest BCUT2D eigenvalue weighted by Crippen LogP contribution is 2.36. The molecule has 0 spiro atoms. The summed E-state index contributed by atoms with van der Waals surface area (Å²) in [7, 11) is -3.08. The van der Waals surface area contributed by atoms with Crippen LogP contribution in [-0.4, -0.2) is 11.5 Å². The van der Waals surface area contributed by atoms with E-state index >= 15 is 0 Å². The van der Waals surface area contributed by atoms with E-state index in [-0.39, 0.29) is 12.2 Å². The largest absolute Gasteiger partial charge is 0.416 e. The van der Waals surface area contributed by atoms with Gasteiger partial charge < -0.3 is 4.52 Å². The molecule has 1 unspecified atom stereocenters. The minimum absolute atomic E-state index is 0.00974. The van der Waals surface area contributed by atoms with Crippen molar-refractivity contribution in [2.75, 3.05) is 6.61 Å². The Morgan fingerprint density at radius 3 is 2.42 bits per heavy atom. The molecule has 0 amide bonds.